The van der Waals surface area contributed by atoms with Crippen LogP contribution in [0.25, 0.3) is 0 Å². The van der Waals surface area contributed by atoms with Crippen molar-refractivity contribution in [1.29, 1.82) is 0 Å². The zero-order valence-electron chi connectivity index (χ0n) is 15.3. The first-order chi connectivity index (χ1) is 13.3. The minimum Gasteiger partial charge on any atom is -0.508 e. The molecule has 2 unspecified atom stereocenters. The molecule has 0 amide bonds. The highest BCUT2D eigenvalue weighted by Crippen LogP contribution is 2.28. The Balaban J connectivity index is 0.000000345. The molecule has 1 aliphatic carbocycles. The summed E-state index contributed by atoms with van der Waals surface area (Å²) in [6.45, 7) is 0.965. The van der Waals surface area contributed by atoms with Crippen molar-refractivity contribution in [2.24, 2.45) is 0 Å². The highest BCUT2D eigenvalue weighted by atomic mass is 19.4. The van der Waals surface area contributed by atoms with Gasteiger partial charge in [0.1, 0.15) is 5.75 Å². The van der Waals surface area contributed by atoms with Crippen molar-refractivity contribution in [3.8, 4) is 5.75 Å². The van der Waals surface area contributed by atoms with Gasteiger partial charge in [-0.15, -0.1) is 0 Å². The number of halogens is 3. The maximum Gasteiger partial charge on any atom is 0.490 e. The maximum absolute atomic E-state index is 10.6. The summed E-state index contributed by atoms with van der Waals surface area (Å²) in [6, 6.07) is 10.5. The number of nitrogens with one attached hydrogen (secondary N) is 1. The third kappa shape index (κ3) is 6.88. The number of nitrogens with zero attached hydrogens (tertiary/aromatic N) is 2. The van der Waals surface area contributed by atoms with Crippen LogP contribution in [0.15, 0.2) is 42.7 Å². The lowest BCUT2D eigenvalue weighted by Gasteiger charge is -2.32. The van der Waals surface area contributed by atoms with Crippen LogP contribution in [-0.4, -0.2) is 44.7 Å². The zero-order chi connectivity index (χ0) is 20.6. The number of carboxylic acid groups (broad SMARTS) is 1. The first kappa shape index (κ1) is 21.7. The number of carboxylic acids is 1. The molecule has 1 fully saturated rings. The molecule has 1 heterocycles. The molecule has 0 spiro atoms. The van der Waals surface area contributed by atoms with E-state index in [2.05, 4.69) is 21.3 Å². The largest absolute Gasteiger partial charge is 0.508 e. The first-order valence-electron chi connectivity index (χ1n) is 9.08. The van der Waals surface area contributed by atoms with Crippen LogP contribution in [0.5, 0.6) is 5.75 Å². The number of hydrogen-bond donors (Lipinski definition) is 3. The maximum atomic E-state index is 10.6. The third-order valence-corrected chi connectivity index (χ3v) is 4.59. The second kappa shape index (κ2) is 10.1. The fraction of sp³-hybridized carbons (Fsp3) is 0.474. The summed E-state index contributed by atoms with van der Waals surface area (Å²) < 4.78 is 33.8. The van der Waals surface area contributed by atoms with Crippen LogP contribution in [0.1, 0.15) is 37.3 Å². The van der Waals surface area contributed by atoms with Crippen molar-refractivity contribution in [3.63, 3.8) is 0 Å². The van der Waals surface area contributed by atoms with E-state index in [1.54, 1.807) is 12.1 Å². The molecule has 28 heavy (non-hydrogen) atoms. The number of carbonyl (C=O) groups is 1. The summed E-state index contributed by atoms with van der Waals surface area (Å²) in [5.41, 5.74) is 1.26. The Morgan fingerprint density at radius 1 is 1.21 bits per heavy atom. The average Bonchev–Trinajstić information content (AvgIpc) is 3.18. The second-order valence-electron chi connectivity index (χ2n) is 6.62. The standard InChI is InChI=1S/C17H23N3O.C2HF3O2/c21-15-8-6-14(7-9-15)10-12-18-16-4-1-2-5-17(16)20-13-3-11-19-20;3-2(4,5)1(6)7/h3,6-9,11,13,16-18,21H,1-2,4-5,10,12H2;(H,6,7). The highest BCUT2D eigenvalue weighted by molar-refractivity contribution is 5.73. The Hall–Kier alpha value is -2.55. The summed E-state index contributed by atoms with van der Waals surface area (Å²) in [5, 5.41) is 24.5. The van der Waals surface area contributed by atoms with Gasteiger partial charge < -0.3 is 15.5 Å². The molecular formula is C19H24F3N3O3. The van der Waals surface area contributed by atoms with Gasteiger partial charge in [0.05, 0.1) is 6.04 Å². The number of aromatic hydroxyl groups is 1. The lowest BCUT2D eigenvalue weighted by atomic mass is 9.90. The molecule has 9 heteroatoms. The van der Waals surface area contributed by atoms with Crippen molar-refractivity contribution in [1.82, 2.24) is 15.1 Å². The Kier molecular flexibility index (Phi) is 7.86. The molecule has 0 radical (unpaired) electrons. The monoisotopic (exact) mass is 399 g/mol. The fourth-order valence-corrected chi connectivity index (χ4v) is 3.21. The molecular weight excluding hydrogens is 375 g/mol. The quantitative estimate of drug-likeness (QED) is 0.716. The van der Waals surface area contributed by atoms with E-state index in [4.69, 9.17) is 9.90 Å². The minimum atomic E-state index is -5.08. The van der Waals surface area contributed by atoms with E-state index < -0.39 is 12.1 Å². The summed E-state index contributed by atoms with van der Waals surface area (Å²) in [5.74, 6) is -2.43. The van der Waals surface area contributed by atoms with Crippen LogP contribution in [0.3, 0.4) is 0 Å². The lowest BCUT2D eigenvalue weighted by Crippen LogP contribution is -2.40. The Bertz CT molecular complexity index is 718. The molecule has 1 aromatic heterocycles. The molecule has 1 saturated carbocycles. The minimum absolute atomic E-state index is 0.331. The second-order valence-corrected chi connectivity index (χ2v) is 6.62. The van der Waals surface area contributed by atoms with Crippen molar-refractivity contribution in [2.45, 2.75) is 50.4 Å². The first-order valence-corrected chi connectivity index (χ1v) is 9.08. The van der Waals surface area contributed by atoms with E-state index in [1.165, 1.54) is 31.2 Å². The number of benzene rings is 1. The predicted molar refractivity (Wildman–Crippen MR) is 97.0 cm³/mol. The number of aliphatic carboxylic acids is 1. The Morgan fingerprint density at radius 2 is 1.86 bits per heavy atom. The van der Waals surface area contributed by atoms with Gasteiger partial charge in [-0.25, -0.2) is 4.79 Å². The zero-order valence-corrected chi connectivity index (χ0v) is 15.3. The van der Waals surface area contributed by atoms with Gasteiger partial charge in [0.15, 0.2) is 0 Å². The number of hydrogen-bond acceptors (Lipinski definition) is 4. The van der Waals surface area contributed by atoms with Crippen LogP contribution in [0.2, 0.25) is 0 Å². The van der Waals surface area contributed by atoms with Crippen LogP contribution >= 0.6 is 0 Å². The molecule has 3 rings (SSSR count). The Labute approximate surface area is 161 Å². The molecule has 2 aromatic rings. The van der Waals surface area contributed by atoms with Crippen molar-refractivity contribution in [3.05, 3.63) is 48.3 Å². The Morgan fingerprint density at radius 3 is 2.43 bits per heavy atom. The molecule has 0 bridgehead atoms. The van der Waals surface area contributed by atoms with Gasteiger partial charge in [0.25, 0.3) is 0 Å². The predicted octanol–water partition coefficient (Wildman–Crippen LogP) is 3.54. The lowest BCUT2D eigenvalue weighted by molar-refractivity contribution is -0.192. The van der Waals surface area contributed by atoms with Crippen molar-refractivity contribution in [2.75, 3.05) is 6.54 Å². The summed E-state index contributed by atoms with van der Waals surface area (Å²) in [4.78, 5) is 8.90. The van der Waals surface area contributed by atoms with Crippen molar-refractivity contribution < 1.29 is 28.2 Å². The number of phenolic OH excluding ortho intramolecular Hbond substituents is 1. The van der Waals surface area contributed by atoms with Gasteiger partial charge in [0, 0.05) is 18.4 Å². The van der Waals surface area contributed by atoms with Gasteiger partial charge in [-0.05, 0) is 49.6 Å². The van der Waals surface area contributed by atoms with E-state index in [9.17, 15) is 18.3 Å². The van der Waals surface area contributed by atoms with E-state index in [-0.39, 0.29) is 0 Å². The van der Waals surface area contributed by atoms with Gasteiger partial charge in [-0.3, -0.25) is 4.68 Å². The summed E-state index contributed by atoms with van der Waals surface area (Å²) >= 11 is 0. The van der Waals surface area contributed by atoms with E-state index in [0.29, 0.717) is 17.8 Å². The number of alkyl halides is 3. The van der Waals surface area contributed by atoms with E-state index in [1.807, 2.05) is 24.4 Å². The molecule has 6 nitrogen and oxygen atoms in total. The van der Waals surface area contributed by atoms with Crippen LogP contribution < -0.4 is 5.32 Å². The van der Waals surface area contributed by atoms with Gasteiger partial charge in [0.2, 0.25) is 0 Å². The van der Waals surface area contributed by atoms with E-state index in [0.717, 1.165) is 13.0 Å². The number of rotatable bonds is 5. The normalized spacial score (nSPS) is 19.5. The van der Waals surface area contributed by atoms with Crippen LogP contribution in [0, 0.1) is 0 Å². The molecule has 3 N–H and O–H groups in total. The molecule has 0 saturated heterocycles. The van der Waals surface area contributed by atoms with Crippen molar-refractivity contribution >= 4 is 5.97 Å². The van der Waals surface area contributed by atoms with Crippen LogP contribution in [-0.2, 0) is 11.2 Å². The SMILES string of the molecule is O=C(O)C(F)(F)F.Oc1ccc(CCNC2CCCCC2n2cccn2)cc1. The summed E-state index contributed by atoms with van der Waals surface area (Å²) in [7, 11) is 0. The highest BCUT2D eigenvalue weighted by Gasteiger charge is 2.38. The van der Waals surface area contributed by atoms with Gasteiger partial charge >= 0.3 is 12.1 Å². The van der Waals surface area contributed by atoms with Crippen LogP contribution in [0.4, 0.5) is 13.2 Å². The molecule has 1 aromatic carbocycles. The number of phenols is 1. The molecule has 1 aliphatic rings. The molecule has 0 aliphatic heterocycles. The van der Waals surface area contributed by atoms with Gasteiger partial charge in [-0.2, -0.15) is 18.3 Å². The summed E-state index contributed by atoms with van der Waals surface area (Å²) in [6.07, 6.45) is 4.86. The third-order valence-electron chi connectivity index (χ3n) is 4.59. The smallest absolute Gasteiger partial charge is 0.490 e. The molecule has 154 valence electrons. The van der Waals surface area contributed by atoms with E-state index >= 15 is 0 Å². The molecule has 2 atom stereocenters. The number of aromatic nitrogens is 2. The average molecular weight is 399 g/mol. The topological polar surface area (TPSA) is 87.4 Å². The van der Waals surface area contributed by atoms with Gasteiger partial charge in [-0.1, -0.05) is 25.0 Å². The fourth-order valence-electron chi connectivity index (χ4n) is 3.21.